The van der Waals surface area contributed by atoms with Gasteiger partial charge in [0.15, 0.2) is 0 Å². The first kappa shape index (κ1) is 16.6. The van der Waals surface area contributed by atoms with Crippen molar-refractivity contribution in [2.45, 2.75) is 32.7 Å². The van der Waals surface area contributed by atoms with Gasteiger partial charge in [-0.3, -0.25) is 4.79 Å². The number of nitrogens with zero attached hydrogens (tertiary/aromatic N) is 2. The van der Waals surface area contributed by atoms with E-state index in [2.05, 4.69) is 4.90 Å². The minimum atomic E-state index is -0.279. The zero-order valence-corrected chi connectivity index (χ0v) is 14.1. The van der Waals surface area contributed by atoms with Gasteiger partial charge in [0.1, 0.15) is 11.6 Å². The smallest absolute Gasteiger partial charge is 0.217 e. The molecule has 2 heterocycles. The van der Waals surface area contributed by atoms with E-state index in [0.717, 1.165) is 36.3 Å². The number of aromatic nitrogens is 1. The first-order valence-corrected chi connectivity index (χ1v) is 8.25. The van der Waals surface area contributed by atoms with Gasteiger partial charge in [-0.25, -0.2) is 9.37 Å². The number of aryl methyl sites for hydroxylation is 1. The van der Waals surface area contributed by atoms with Gasteiger partial charge < -0.3 is 16.4 Å². The van der Waals surface area contributed by atoms with Crippen LogP contribution in [0.1, 0.15) is 36.9 Å². The molecule has 2 atom stereocenters. The Kier molecular flexibility index (Phi) is 4.41. The maximum atomic E-state index is 13.9. The lowest BCUT2D eigenvalue weighted by atomic mass is 10.0. The minimum Gasteiger partial charge on any atom is -0.370 e. The Hall–Kier alpha value is -2.21. The van der Waals surface area contributed by atoms with Crippen LogP contribution in [0.3, 0.4) is 0 Å². The molecule has 2 aromatic rings. The van der Waals surface area contributed by atoms with Crippen LogP contribution < -0.4 is 16.4 Å². The third-order valence-corrected chi connectivity index (χ3v) is 4.75. The molecule has 1 aromatic heterocycles. The van der Waals surface area contributed by atoms with Crippen LogP contribution in [0.15, 0.2) is 18.2 Å². The lowest BCUT2D eigenvalue weighted by molar-refractivity contribution is -0.118. The van der Waals surface area contributed by atoms with Gasteiger partial charge in [-0.15, -0.1) is 0 Å². The quantitative estimate of drug-likeness (QED) is 0.901. The molecular weight excluding hydrogens is 307 g/mol. The molecule has 0 unspecified atom stereocenters. The van der Waals surface area contributed by atoms with Gasteiger partial charge in [0, 0.05) is 42.1 Å². The van der Waals surface area contributed by atoms with E-state index in [1.165, 1.54) is 6.07 Å². The maximum absolute atomic E-state index is 13.9. The van der Waals surface area contributed by atoms with Crippen LogP contribution in [0, 0.1) is 18.7 Å². The number of hydrogen-bond donors (Lipinski definition) is 2. The summed E-state index contributed by atoms with van der Waals surface area (Å²) < 4.78 is 13.9. The average Bonchev–Trinajstić information content (AvgIpc) is 2.97. The summed E-state index contributed by atoms with van der Waals surface area (Å²) >= 11 is 0. The summed E-state index contributed by atoms with van der Waals surface area (Å²) in [6.45, 7) is 5.17. The fraction of sp³-hybridized carbons (Fsp3) is 0.444. The van der Waals surface area contributed by atoms with Crippen molar-refractivity contribution < 1.29 is 9.18 Å². The molecule has 1 saturated heterocycles. The Morgan fingerprint density at radius 3 is 2.92 bits per heavy atom. The molecule has 0 radical (unpaired) electrons. The normalized spacial score (nSPS) is 19.0. The second-order valence-corrected chi connectivity index (χ2v) is 6.71. The Bertz CT molecular complexity index is 790. The first-order chi connectivity index (χ1) is 11.4. The van der Waals surface area contributed by atoms with Crippen molar-refractivity contribution in [3.05, 3.63) is 35.1 Å². The third-order valence-electron chi connectivity index (χ3n) is 4.75. The molecule has 1 aromatic carbocycles. The highest BCUT2D eigenvalue weighted by atomic mass is 19.1. The van der Waals surface area contributed by atoms with Gasteiger partial charge in [0.05, 0.1) is 5.52 Å². The summed E-state index contributed by atoms with van der Waals surface area (Å²) in [4.78, 5) is 18.0. The molecule has 4 N–H and O–H groups in total. The Labute approximate surface area is 140 Å². The fourth-order valence-electron chi connectivity index (χ4n) is 3.43. The second-order valence-electron chi connectivity index (χ2n) is 6.71. The molecule has 0 aliphatic carbocycles. The van der Waals surface area contributed by atoms with E-state index >= 15 is 0 Å². The summed E-state index contributed by atoms with van der Waals surface area (Å²) in [6, 6.07) is 5.01. The topological polar surface area (TPSA) is 85.2 Å². The molecule has 1 amide bonds. The fourth-order valence-corrected chi connectivity index (χ4v) is 3.43. The van der Waals surface area contributed by atoms with Crippen LogP contribution in [0.4, 0.5) is 10.2 Å². The van der Waals surface area contributed by atoms with Crippen molar-refractivity contribution in [1.82, 2.24) is 4.98 Å². The van der Waals surface area contributed by atoms with Crippen LogP contribution >= 0.6 is 0 Å². The molecule has 0 saturated carbocycles. The molecule has 1 fully saturated rings. The summed E-state index contributed by atoms with van der Waals surface area (Å²) in [5, 5.41) is 0.887. The Morgan fingerprint density at radius 2 is 2.25 bits per heavy atom. The zero-order chi connectivity index (χ0) is 17.4. The number of fused-ring (bicyclic) bond motifs is 1. The minimum absolute atomic E-state index is 0.183. The number of halogens is 1. The monoisotopic (exact) mass is 330 g/mol. The number of hydrogen-bond acceptors (Lipinski definition) is 4. The number of carbonyl (C=O) groups is 1. The average molecular weight is 330 g/mol. The lowest BCUT2D eigenvalue weighted by Crippen LogP contribution is -2.25. The molecule has 3 rings (SSSR count). The Morgan fingerprint density at radius 1 is 1.50 bits per heavy atom. The van der Waals surface area contributed by atoms with Crippen LogP contribution in [0.2, 0.25) is 0 Å². The number of primary amides is 1. The van der Waals surface area contributed by atoms with Gasteiger partial charge in [0.25, 0.3) is 0 Å². The van der Waals surface area contributed by atoms with E-state index in [0.29, 0.717) is 17.5 Å². The van der Waals surface area contributed by atoms with E-state index in [1.54, 1.807) is 13.0 Å². The highest BCUT2D eigenvalue weighted by Crippen LogP contribution is 2.33. The summed E-state index contributed by atoms with van der Waals surface area (Å²) in [7, 11) is 0. The highest BCUT2D eigenvalue weighted by molar-refractivity contribution is 5.85. The second kappa shape index (κ2) is 6.36. The number of pyridine rings is 1. The summed E-state index contributed by atoms with van der Waals surface area (Å²) in [5.74, 6) is 0.480. The van der Waals surface area contributed by atoms with Crippen LogP contribution in [-0.2, 0) is 4.79 Å². The van der Waals surface area contributed by atoms with Crippen molar-refractivity contribution in [2.75, 3.05) is 18.0 Å². The van der Waals surface area contributed by atoms with E-state index in [4.69, 9.17) is 16.5 Å². The SMILES string of the molecule is Cc1c(F)ccc2cc([C@H](C)N)c(N3CC[C@H](CC(N)=O)C3)nc12. The number of nitrogens with two attached hydrogens (primary N) is 2. The third kappa shape index (κ3) is 3.06. The zero-order valence-electron chi connectivity index (χ0n) is 14.1. The maximum Gasteiger partial charge on any atom is 0.217 e. The standard InChI is InChI=1S/C18H23FN4O/c1-10-15(19)4-3-13-8-14(11(2)20)18(22-17(10)13)23-6-5-12(9-23)7-16(21)24/h3-4,8,11-12H,5-7,9,20H2,1-2H3,(H2,21,24)/t11-,12+/m0/s1. The van der Waals surface area contributed by atoms with Gasteiger partial charge >= 0.3 is 0 Å². The van der Waals surface area contributed by atoms with Gasteiger partial charge in [-0.05, 0) is 44.4 Å². The van der Waals surface area contributed by atoms with Crippen molar-refractivity contribution in [1.29, 1.82) is 0 Å². The predicted molar refractivity (Wildman–Crippen MR) is 93.2 cm³/mol. The number of anilines is 1. The van der Waals surface area contributed by atoms with Crippen LogP contribution in [0.5, 0.6) is 0 Å². The molecule has 1 aliphatic heterocycles. The van der Waals surface area contributed by atoms with Crippen LogP contribution in [0.25, 0.3) is 10.9 Å². The molecule has 1 aliphatic rings. The van der Waals surface area contributed by atoms with E-state index < -0.39 is 0 Å². The van der Waals surface area contributed by atoms with Crippen molar-refractivity contribution >= 4 is 22.6 Å². The molecular formula is C18H23FN4O. The number of benzene rings is 1. The summed E-state index contributed by atoms with van der Waals surface area (Å²) in [5.41, 5.74) is 13.6. The van der Waals surface area contributed by atoms with Gasteiger partial charge in [-0.2, -0.15) is 0 Å². The lowest BCUT2D eigenvalue weighted by Gasteiger charge is -2.23. The van der Waals surface area contributed by atoms with Crippen LogP contribution in [-0.4, -0.2) is 24.0 Å². The Balaban J connectivity index is 2.04. The van der Waals surface area contributed by atoms with E-state index in [1.807, 2.05) is 13.0 Å². The number of carbonyl (C=O) groups excluding carboxylic acids is 1. The van der Waals surface area contributed by atoms with Crippen molar-refractivity contribution in [3.63, 3.8) is 0 Å². The molecule has 0 spiro atoms. The van der Waals surface area contributed by atoms with E-state index in [9.17, 15) is 9.18 Å². The van der Waals surface area contributed by atoms with Gasteiger partial charge in [0.2, 0.25) is 5.91 Å². The van der Waals surface area contributed by atoms with E-state index in [-0.39, 0.29) is 23.7 Å². The first-order valence-electron chi connectivity index (χ1n) is 8.25. The van der Waals surface area contributed by atoms with Crippen molar-refractivity contribution in [2.24, 2.45) is 17.4 Å². The summed E-state index contributed by atoms with van der Waals surface area (Å²) in [6.07, 6.45) is 1.27. The van der Waals surface area contributed by atoms with Crippen molar-refractivity contribution in [3.8, 4) is 0 Å². The molecule has 24 heavy (non-hydrogen) atoms. The molecule has 0 bridgehead atoms. The number of rotatable bonds is 4. The largest absolute Gasteiger partial charge is 0.370 e. The number of amides is 1. The highest BCUT2D eigenvalue weighted by Gasteiger charge is 2.27. The molecule has 5 nitrogen and oxygen atoms in total. The molecule has 6 heteroatoms. The van der Waals surface area contributed by atoms with Gasteiger partial charge in [-0.1, -0.05) is 0 Å². The molecule has 128 valence electrons. The predicted octanol–water partition coefficient (Wildman–Crippen LogP) is 2.40.